The van der Waals surface area contributed by atoms with E-state index in [1.54, 1.807) is 24.3 Å². The van der Waals surface area contributed by atoms with Gasteiger partial charge in [0.1, 0.15) is 0 Å². The maximum absolute atomic E-state index is 13.3. The Morgan fingerprint density at radius 1 is 0.522 bits per heavy atom. The molecule has 3 aromatic heterocycles. The van der Waals surface area contributed by atoms with E-state index >= 15 is 0 Å². The van der Waals surface area contributed by atoms with Crippen LogP contribution >= 0.6 is 0 Å². The van der Waals surface area contributed by atoms with Crippen LogP contribution in [0.3, 0.4) is 0 Å². The first-order chi connectivity index (χ1) is 22.5. The van der Waals surface area contributed by atoms with E-state index in [0.717, 1.165) is 21.6 Å². The van der Waals surface area contributed by atoms with Gasteiger partial charge in [-0.05, 0) is 78.9 Å². The summed E-state index contributed by atoms with van der Waals surface area (Å²) in [6.07, 6.45) is 0. The third-order valence-electron chi connectivity index (χ3n) is 7.92. The van der Waals surface area contributed by atoms with Crippen molar-refractivity contribution in [3.63, 3.8) is 0 Å². The summed E-state index contributed by atoms with van der Waals surface area (Å²) in [5.74, 6) is 0.505. The number of nitrogens with zero attached hydrogens (tertiary/aromatic N) is 4. The van der Waals surface area contributed by atoms with Gasteiger partial charge in [0.2, 0.25) is 11.8 Å². The third-order valence-corrected chi connectivity index (χ3v) is 7.92. The third kappa shape index (κ3) is 4.36. The number of fused-ring (bicyclic) bond motifs is 2. The molecule has 1 N–H and O–H groups in total. The molecule has 0 radical (unpaired) electrons. The molecule has 3 heterocycles. The first kappa shape index (κ1) is 26.9. The topological polar surface area (TPSA) is 131 Å². The molecule has 0 bridgehead atoms. The van der Waals surface area contributed by atoms with Crippen molar-refractivity contribution in [1.82, 2.24) is 19.7 Å². The quantitative estimate of drug-likeness (QED) is 0.259. The highest BCUT2D eigenvalue weighted by Gasteiger charge is 2.20. The van der Waals surface area contributed by atoms with Gasteiger partial charge in [-0.3, -0.25) is 24.2 Å². The van der Waals surface area contributed by atoms with Crippen LogP contribution in [-0.2, 0) is 0 Å². The van der Waals surface area contributed by atoms with Crippen molar-refractivity contribution in [2.24, 2.45) is 0 Å². The van der Waals surface area contributed by atoms with Crippen LogP contribution in [0, 0.1) is 0 Å². The summed E-state index contributed by atoms with van der Waals surface area (Å²) in [6, 6.07) is 37.1. The highest BCUT2D eigenvalue weighted by atomic mass is 16.4. The molecule has 0 aliphatic heterocycles. The molecule has 220 valence electrons. The maximum atomic E-state index is 13.3. The van der Waals surface area contributed by atoms with E-state index in [9.17, 15) is 19.2 Å². The summed E-state index contributed by atoms with van der Waals surface area (Å²) in [5, 5.41) is 8.72. The molecule has 0 saturated heterocycles. The van der Waals surface area contributed by atoms with Crippen molar-refractivity contribution in [2.45, 2.75) is 0 Å². The smallest absolute Gasteiger partial charge is 0.266 e. The van der Waals surface area contributed by atoms with Gasteiger partial charge in [-0.1, -0.05) is 42.5 Å². The Morgan fingerprint density at radius 3 is 1.61 bits per heavy atom. The Labute approximate surface area is 258 Å². The van der Waals surface area contributed by atoms with Crippen molar-refractivity contribution in [3.05, 3.63) is 163 Å². The number of hydrogen-bond acceptors (Lipinski definition) is 8. The number of rotatable bonds is 6. The number of aromatic amines is 1. The number of para-hydroxylation sites is 2. The van der Waals surface area contributed by atoms with Gasteiger partial charge in [-0.15, -0.1) is 10.2 Å². The minimum atomic E-state index is -0.602. The minimum Gasteiger partial charge on any atom is -0.416 e. The average molecular weight is 604 g/mol. The molecular formula is C36H21N5O5. The second-order valence-corrected chi connectivity index (χ2v) is 10.7. The number of aromatic nitrogens is 4. The molecule has 5 aromatic carbocycles. The summed E-state index contributed by atoms with van der Waals surface area (Å²) in [4.78, 5) is 55.2. The van der Waals surface area contributed by atoms with Gasteiger partial charge in [0, 0.05) is 28.2 Å². The number of anilines is 3. The molecule has 0 aliphatic carbocycles. The lowest BCUT2D eigenvalue weighted by atomic mass is 10.1. The number of H-pyrrole nitrogens is 1. The molecule has 0 spiro atoms. The van der Waals surface area contributed by atoms with E-state index in [4.69, 9.17) is 4.42 Å². The highest BCUT2D eigenvalue weighted by molar-refractivity contribution is 5.98. The first-order valence-corrected chi connectivity index (χ1v) is 14.3. The van der Waals surface area contributed by atoms with Crippen molar-refractivity contribution >= 4 is 38.6 Å². The normalized spacial score (nSPS) is 11.4. The number of hydrogen-bond donors (Lipinski definition) is 1. The van der Waals surface area contributed by atoms with Crippen LogP contribution in [0.5, 0.6) is 0 Å². The monoisotopic (exact) mass is 603 g/mol. The molecule has 0 aliphatic rings. The zero-order valence-electron chi connectivity index (χ0n) is 23.9. The summed E-state index contributed by atoms with van der Waals surface area (Å²) >= 11 is 0. The van der Waals surface area contributed by atoms with E-state index in [0.29, 0.717) is 17.0 Å². The van der Waals surface area contributed by atoms with Crippen molar-refractivity contribution in [1.29, 1.82) is 0 Å². The Kier molecular flexibility index (Phi) is 6.14. The Morgan fingerprint density at radius 2 is 1.04 bits per heavy atom. The second kappa shape index (κ2) is 10.5. The molecule has 10 nitrogen and oxygen atoms in total. The lowest BCUT2D eigenvalue weighted by molar-refractivity contribution is 0.584. The van der Waals surface area contributed by atoms with Gasteiger partial charge in [-0.2, -0.15) is 0 Å². The van der Waals surface area contributed by atoms with E-state index in [1.165, 1.54) is 12.1 Å². The molecule has 46 heavy (non-hydrogen) atoms. The predicted octanol–water partition coefficient (Wildman–Crippen LogP) is 5.62. The van der Waals surface area contributed by atoms with Crippen LogP contribution in [0.1, 0.15) is 0 Å². The molecule has 0 atom stereocenters. The fraction of sp³-hybridized carbons (Fsp3) is 0. The SMILES string of the molecule is O=c1[nH]c(=O)c2cc3c(=O)n(-c4cccc(-c5nnc(-c6ccc(N(c7ccccc7)c7ccccc7)cc6)o5)c4)c(=O)c3cc12. The molecular weight excluding hydrogens is 582 g/mol. The average Bonchev–Trinajstić information content (AvgIpc) is 3.76. The zero-order valence-corrected chi connectivity index (χ0v) is 23.9. The zero-order chi connectivity index (χ0) is 31.4. The van der Waals surface area contributed by atoms with E-state index in [2.05, 4.69) is 20.1 Å². The summed E-state index contributed by atoms with van der Waals surface area (Å²) < 4.78 is 7.04. The second-order valence-electron chi connectivity index (χ2n) is 10.7. The fourth-order valence-electron chi connectivity index (χ4n) is 5.72. The van der Waals surface area contributed by atoms with Crippen LogP contribution in [0.15, 0.2) is 145 Å². The maximum Gasteiger partial charge on any atom is 0.266 e. The largest absolute Gasteiger partial charge is 0.416 e. The fourth-order valence-corrected chi connectivity index (χ4v) is 5.72. The molecule has 8 rings (SSSR count). The van der Waals surface area contributed by atoms with E-state index in [-0.39, 0.29) is 33.1 Å². The van der Waals surface area contributed by atoms with Gasteiger partial charge >= 0.3 is 0 Å². The Hall–Kier alpha value is -6.68. The Bertz CT molecular complexity index is 2500. The molecule has 0 saturated carbocycles. The van der Waals surface area contributed by atoms with Crippen LogP contribution in [0.2, 0.25) is 0 Å². The lowest BCUT2D eigenvalue weighted by Crippen LogP contribution is -2.23. The molecule has 0 fully saturated rings. The summed E-state index contributed by atoms with van der Waals surface area (Å²) in [5.41, 5.74) is 2.08. The molecule has 0 unspecified atom stereocenters. The number of nitrogens with one attached hydrogen (secondary N) is 1. The van der Waals surface area contributed by atoms with Crippen LogP contribution in [0.4, 0.5) is 17.1 Å². The Balaban J connectivity index is 1.13. The van der Waals surface area contributed by atoms with Crippen LogP contribution in [-0.4, -0.2) is 19.7 Å². The molecule has 8 aromatic rings. The van der Waals surface area contributed by atoms with E-state index < -0.39 is 22.2 Å². The van der Waals surface area contributed by atoms with Crippen LogP contribution < -0.4 is 27.1 Å². The standard InChI is InChI=1S/C36H21N5O5/c42-31-27-19-29-30(20-28(27)32(43)37-31)36(45)41(35(29)44)26-13-7-8-22(18-26)34-39-38-33(46-34)21-14-16-25(17-15-21)40(23-9-3-1-4-10-23)24-11-5-2-6-12-24/h1-20H,(H,37,42,43). The van der Waals surface area contributed by atoms with Gasteiger partial charge in [0.05, 0.1) is 27.2 Å². The first-order valence-electron chi connectivity index (χ1n) is 14.3. The predicted molar refractivity (Wildman–Crippen MR) is 176 cm³/mol. The van der Waals surface area contributed by atoms with Gasteiger partial charge in [0.15, 0.2) is 0 Å². The lowest BCUT2D eigenvalue weighted by Gasteiger charge is -2.25. The molecule has 10 heteroatoms. The summed E-state index contributed by atoms with van der Waals surface area (Å²) in [7, 11) is 0. The van der Waals surface area contributed by atoms with Crippen LogP contribution in [0.25, 0.3) is 50.1 Å². The van der Waals surface area contributed by atoms with Crippen molar-refractivity contribution in [3.8, 4) is 28.6 Å². The van der Waals surface area contributed by atoms with Gasteiger partial charge in [0.25, 0.3) is 22.2 Å². The van der Waals surface area contributed by atoms with Gasteiger partial charge in [-0.25, -0.2) is 4.57 Å². The summed E-state index contributed by atoms with van der Waals surface area (Å²) in [6.45, 7) is 0. The minimum absolute atomic E-state index is 0.0561. The van der Waals surface area contributed by atoms with Crippen molar-refractivity contribution in [2.75, 3.05) is 4.90 Å². The number of benzene rings is 5. The van der Waals surface area contributed by atoms with Crippen molar-refractivity contribution < 1.29 is 4.42 Å². The van der Waals surface area contributed by atoms with E-state index in [1.807, 2.05) is 84.9 Å². The van der Waals surface area contributed by atoms with Gasteiger partial charge < -0.3 is 9.32 Å². The molecule has 0 amide bonds. The highest BCUT2D eigenvalue weighted by Crippen LogP contribution is 2.35.